The smallest absolute Gasteiger partial charge is 0.325 e. The molecular weight excluding hydrogens is 369 g/mol. The van der Waals surface area contributed by atoms with Crippen LogP contribution < -0.4 is 10.6 Å². The quantitative estimate of drug-likeness (QED) is 0.732. The highest BCUT2D eigenvalue weighted by molar-refractivity contribution is 6.34. The summed E-state index contributed by atoms with van der Waals surface area (Å²) in [6.45, 7) is 2.62. The van der Waals surface area contributed by atoms with E-state index in [1.54, 1.807) is 24.3 Å². The Hall–Kier alpha value is -2.54. The van der Waals surface area contributed by atoms with Crippen molar-refractivity contribution in [3.8, 4) is 0 Å². The summed E-state index contributed by atoms with van der Waals surface area (Å²) in [6.07, 6.45) is -4.63. The Balaban J connectivity index is 2.21. The molecule has 8 heteroatoms. The van der Waals surface area contributed by atoms with E-state index in [9.17, 15) is 22.8 Å². The van der Waals surface area contributed by atoms with Gasteiger partial charge in [-0.3, -0.25) is 9.59 Å². The molecule has 4 nitrogen and oxygen atoms in total. The molecule has 0 saturated carbocycles. The second kappa shape index (κ2) is 7.37. The Morgan fingerprint density at radius 2 is 1.31 bits per heavy atom. The molecule has 0 aromatic heterocycles. The zero-order valence-electron chi connectivity index (χ0n) is 13.9. The predicted octanol–water partition coefficient (Wildman–Crippen LogP) is 4.96. The van der Waals surface area contributed by atoms with Gasteiger partial charge in [0, 0.05) is 0 Å². The first kappa shape index (κ1) is 19.8. The number of carbonyl (C=O) groups is 2. The summed E-state index contributed by atoms with van der Waals surface area (Å²) in [5.41, 5.74) is -2.74. The van der Waals surface area contributed by atoms with E-state index in [0.29, 0.717) is 5.69 Å². The van der Waals surface area contributed by atoms with Crippen LogP contribution in [0.15, 0.2) is 48.5 Å². The summed E-state index contributed by atoms with van der Waals surface area (Å²) in [4.78, 5) is 24.9. The topological polar surface area (TPSA) is 58.2 Å². The zero-order valence-corrected chi connectivity index (χ0v) is 14.7. The highest BCUT2D eigenvalue weighted by Crippen LogP contribution is 2.35. The molecule has 0 atom stereocenters. The third kappa shape index (κ3) is 4.35. The van der Waals surface area contributed by atoms with E-state index < -0.39 is 34.7 Å². The van der Waals surface area contributed by atoms with Crippen LogP contribution in [0.5, 0.6) is 0 Å². The van der Waals surface area contributed by atoms with Crippen LogP contribution in [0.1, 0.15) is 19.4 Å². The minimum atomic E-state index is -4.63. The summed E-state index contributed by atoms with van der Waals surface area (Å²) in [7, 11) is 0. The van der Waals surface area contributed by atoms with Crippen LogP contribution in [0.3, 0.4) is 0 Å². The van der Waals surface area contributed by atoms with Crippen molar-refractivity contribution in [2.45, 2.75) is 20.0 Å². The van der Waals surface area contributed by atoms with E-state index in [-0.39, 0.29) is 5.02 Å². The van der Waals surface area contributed by atoms with Crippen molar-refractivity contribution < 1.29 is 22.8 Å². The molecule has 0 saturated heterocycles. The Labute approximate surface area is 153 Å². The minimum Gasteiger partial charge on any atom is -0.325 e. The molecule has 2 rings (SSSR count). The summed E-state index contributed by atoms with van der Waals surface area (Å²) in [5.74, 6) is -1.58. The van der Waals surface area contributed by atoms with Crippen LogP contribution in [0.25, 0.3) is 0 Å². The lowest BCUT2D eigenvalue weighted by molar-refractivity contribution is -0.137. The summed E-state index contributed by atoms with van der Waals surface area (Å²) in [5, 5.41) is 4.97. The number of carbonyl (C=O) groups excluding carboxylic acids is 2. The van der Waals surface area contributed by atoms with Crippen molar-refractivity contribution in [3.63, 3.8) is 0 Å². The molecule has 2 amide bonds. The molecule has 138 valence electrons. The fourth-order valence-corrected chi connectivity index (χ4v) is 2.25. The van der Waals surface area contributed by atoms with Gasteiger partial charge in [0.1, 0.15) is 5.41 Å². The minimum absolute atomic E-state index is 0.277. The van der Waals surface area contributed by atoms with Crippen LogP contribution in [0.4, 0.5) is 24.5 Å². The molecule has 2 aromatic carbocycles. The molecule has 0 radical (unpaired) electrons. The molecule has 26 heavy (non-hydrogen) atoms. The molecule has 0 unspecified atom stereocenters. The normalized spacial score (nSPS) is 11.8. The first-order chi connectivity index (χ1) is 12.0. The fraction of sp³-hybridized carbons (Fsp3) is 0.222. The predicted molar refractivity (Wildman–Crippen MR) is 93.9 cm³/mol. The van der Waals surface area contributed by atoms with Crippen LogP contribution in [-0.4, -0.2) is 11.8 Å². The van der Waals surface area contributed by atoms with Gasteiger partial charge in [-0.2, -0.15) is 13.2 Å². The maximum Gasteiger partial charge on any atom is 0.418 e. The number of alkyl halides is 3. The Morgan fingerprint density at radius 1 is 0.846 bits per heavy atom. The van der Waals surface area contributed by atoms with Gasteiger partial charge in [-0.05, 0) is 38.1 Å². The zero-order chi connectivity index (χ0) is 19.5. The van der Waals surface area contributed by atoms with Crippen molar-refractivity contribution >= 4 is 34.8 Å². The van der Waals surface area contributed by atoms with E-state index in [0.717, 1.165) is 12.1 Å². The number of amides is 2. The van der Waals surface area contributed by atoms with Gasteiger partial charge in [-0.1, -0.05) is 35.9 Å². The molecule has 2 aromatic rings. The molecule has 0 aliphatic rings. The number of para-hydroxylation sites is 2. The first-order valence-corrected chi connectivity index (χ1v) is 7.95. The van der Waals surface area contributed by atoms with Crippen molar-refractivity contribution in [3.05, 3.63) is 59.1 Å². The third-order valence-corrected chi connectivity index (χ3v) is 4.07. The van der Waals surface area contributed by atoms with E-state index in [2.05, 4.69) is 10.6 Å². The van der Waals surface area contributed by atoms with Crippen LogP contribution in [0.2, 0.25) is 5.02 Å². The monoisotopic (exact) mass is 384 g/mol. The SMILES string of the molecule is CC(C)(C(=O)Nc1ccccc1Cl)C(=O)Nc1ccccc1C(F)(F)F. The number of nitrogens with one attached hydrogen (secondary N) is 2. The Kier molecular flexibility index (Phi) is 5.61. The lowest BCUT2D eigenvalue weighted by Gasteiger charge is -2.24. The van der Waals surface area contributed by atoms with E-state index >= 15 is 0 Å². The van der Waals surface area contributed by atoms with Crippen LogP contribution in [0, 0.1) is 5.41 Å². The van der Waals surface area contributed by atoms with Gasteiger partial charge in [0.25, 0.3) is 0 Å². The van der Waals surface area contributed by atoms with E-state index in [1.807, 2.05) is 0 Å². The third-order valence-electron chi connectivity index (χ3n) is 3.74. The second-order valence-corrected chi connectivity index (χ2v) is 6.46. The lowest BCUT2D eigenvalue weighted by atomic mass is 9.90. The summed E-state index contributed by atoms with van der Waals surface area (Å²) >= 11 is 5.96. The molecule has 2 N–H and O–H groups in total. The first-order valence-electron chi connectivity index (χ1n) is 7.57. The van der Waals surface area contributed by atoms with Crippen molar-refractivity contribution in [2.24, 2.45) is 5.41 Å². The summed E-state index contributed by atoms with van der Waals surface area (Å²) in [6, 6.07) is 11.0. The maximum atomic E-state index is 13.0. The average molecular weight is 385 g/mol. The molecule has 0 fully saturated rings. The Bertz CT molecular complexity index is 835. The maximum absolute atomic E-state index is 13.0. The molecule has 0 heterocycles. The molecule has 0 bridgehead atoms. The second-order valence-electron chi connectivity index (χ2n) is 6.06. The van der Waals surface area contributed by atoms with Gasteiger partial charge in [-0.15, -0.1) is 0 Å². The van der Waals surface area contributed by atoms with Gasteiger partial charge < -0.3 is 10.6 Å². The molecule has 0 spiro atoms. The number of anilines is 2. The van der Waals surface area contributed by atoms with Crippen LogP contribution >= 0.6 is 11.6 Å². The van der Waals surface area contributed by atoms with Gasteiger partial charge in [-0.25, -0.2) is 0 Å². The van der Waals surface area contributed by atoms with E-state index in [1.165, 1.54) is 26.0 Å². The number of hydrogen-bond acceptors (Lipinski definition) is 2. The van der Waals surface area contributed by atoms with Crippen molar-refractivity contribution in [1.29, 1.82) is 0 Å². The number of benzene rings is 2. The van der Waals surface area contributed by atoms with E-state index in [4.69, 9.17) is 11.6 Å². The Morgan fingerprint density at radius 3 is 1.85 bits per heavy atom. The highest BCUT2D eigenvalue weighted by Gasteiger charge is 2.39. The fourth-order valence-electron chi connectivity index (χ4n) is 2.06. The van der Waals surface area contributed by atoms with Crippen molar-refractivity contribution in [1.82, 2.24) is 0 Å². The number of rotatable bonds is 4. The largest absolute Gasteiger partial charge is 0.418 e. The average Bonchev–Trinajstić information content (AvgIpc) is 2.56. The van der Waals surface area contributed by atoms with Gasteiger partial charge in [0.2, 0.25) is 11.8 Å². The van der Waals surface area contributed by atoms with Gasteiger partial charge in [0.15, 0.2) is 0 Å². The molecular formula is C18H16ClF3N2O2. The number of hydrogen-bond donors (Lipinski definition) is 2. The molecule has 0 aliphatic carbocycles. The van der Waals surface area contributed by atoms with Crippen molar-refractivity contribution in [2.75, 3.05) is 10.6 Å². The van der Waals surface area contributed by atoms with Crippen LogP contribution in [-0.2, 0) is 15.8 Å². The highest BCUT2D eigenvalue weighted by atomic mass is 35.5. The summed E-state index contributed by atoms with van der Waals surface area (Å²) < 4.78 is 39.1. The van der Waals surface area contributed by atoms with Gasteiger partial charge in [0.05, 0.1) is 22.0 Å². The van der Waals surface area contributed by atoms with Gasteiger partial charge >= 0.3 is 6.18 Å². The lowest BCUT2D eigenvalue weighted by Crippen LogP contribution is -2.42. The molecule has 0 aliphatic heterocycles. The standard InChI is InChI=1S/C18H16ClF3N2O2/c1-17(2,16(26)24-14-10-6-4-8-12(14)19)15(25)23-13-9-5-3-7-11(13)18(20,21)22/h3-10H,1-2H3,(H,23,25)(H,24,26). The number of halogens is 4.